The van der Waals surface area contributed by atoms with Gasteiger partial charge in [0.25, 0.3) is 0 Å². The van der Waals surface area contributed by atoms with E-state index in [4.69, 9.17) is 5.11 Å². The lowest BCUT2D eigenvalue weighted by atomic mass is 10.0. The largest absolute Gasteiger partial charge is 0.507 e. The van der Waals surface area contributed by atoms with Crippen molar-refractivity contribution >= 4 is 0 Å². The molecule has 0 aromatic heterocycles. The van der Waals surface area contributed by atoms with E-state index < -0.39 is 0 Å². The minimum Gasteiger partial charge on any atom is -0.507 e. The van der Waals surface area contributed by atoms with Gasteiger partial charge in [-0.3, -0.25) is 0 Å². The van der Waals surface area contributed by atoms with Gasteiger partial charge in [-0.25, -0.2) is 0 Å². The van der Waals surface area contributed by atoms with Crippen LogP contribution in [-0.4, -0.2) is 10.2 Å². The molecule has 1 aromatic rings. The summed E-state index contributed by atoms with van der Waals surface area (Å²) >= 11 is 0. The van der Waals surface area contributed by atoms with Crippen molar-refractivity contribution in [2.45, 2.75) is 19.8 Å². The summed E-state index contributed by atoms with van der Waals surface area (Å²) in [5.41, 5.74) is 0.808. The molecule has 0 spiro atoms. The van der Waals surface area contributed by atoms with Gasteiger partial charge in [-0.15, -0.1) is 0 Å². The van der Waals surface area contributed by atoms with Gasteiger partial charge in [0.15, 0.2) is 0 Å². The Kier molecular flexibility index (Phi) is 2.03. The predicted molar refractivity (Wildman–Crippen MR) is 42.7 cm³/mol. The molecule has 1 rings (SSSR count). The van der Waals surface area contributed by atoms with Crippen LogP contribution in [0.3, 0.4) is 0 Å². The summed E-state index contributed by atoms with van der Waals surface area (Å²) in [6.45, 7) is 3.94. The lowest BCUT2D eigenvalue weighted by Gasteiger charge is -2.06. The molecule has 1 radical (unpaired) electrons. The van der Waals surface area contributed by atoms with Crippen molar-refractivity contribution in [2.24, 2.45) is 0 Å². The average Bonchev–Trinajstić information content (AvgIpc) is 1.85. The highest BCUT2D eigenvalue weighted by molar-refractivity contribution is 5.39. The standard InChI is InChI=1S/C9H11O2/c1-6(2)8-4-3-7(10)5-9(8)11/h3-4,6,10-11H,1-2H3. The lowest BCUT2D eigenvalue weighted by Crippen LogP contribution is -1.86. The first kappa shape index (κ1) is 7.92. The second-order valence-electron chi connectivity index (χ2n) is 2.80. The molecule has 0 heterocycles. The van der Waals surface area contributed by atoms with Crippen LogP contribution in [0, 0.1) is 6.07 Å². The van der Waals surface area contributed by atoms with Gasteiger partial charge in [0.2, 0.25) is 0 Å². The molecule has 0 aliphatic heterocycles. The maximum Gasteiger partial charge on any atom is 0.130 e. The summed E-state index contributed by atoms with van der Waals surface area (Å²) in [6, 6.07) is 5.65. The number of benzene rings is 1. The van der Waals surface area contributed by atoms with Gasteiger partial charge in [0, 0.05) is 0 Å². The number of hydrogen-bond acceptors (Lipinski definition) is 2. The van der Waals surface area contributed by atoms with Crippen LogP contribution in [0.5, 0.6) is 11.5 Å². The third kappa shape index (κ3) is 1.64. The first-order valence-corrected chi connectivity index (χ1v) is 3.55. The van der Waals surface area contributed by atoms with Gasteiger partial charge in [0.1, 0.15) is 11.5 Å². The molecule has 0 aliphatic rings. The zero-order valence-corrected chi connectivity index (χ0v) is 6.63. The highest BCUT2D eigenvalue weighted by atomic mass is 16.3. The SMILES string of the molecule is CC(C)c1ccc(O)[c]c1O. The molecule has 2 nitrogen and oxygen atoms in total. The van der Waals surface area contributed by atoms with Crippen molar-refractivity contribution in [2.75, 3.05) is 0 Å². The van der Waals surface area contributed by atoms with Crippen LogP contribution in [0.1, 0.15) is 25.3 Å². The minimum atomic E-state index is -0.0214. The maximum atomic E-state index is 9.25. The van der Waals surface area contributed by atoms with E-state index in [2.05, 4.69) is 6.07 Å². The van der Waals surface area contributed by atoms with Crippen LogP contribution >= 0.6 is 0 Å². The van der Waals surface area contributed by atoms with Crippen molar-refractivity contribution in [3.05, 3.63) is 23.8 Å². The molecule has 0 amide bonds. The molecule has 59 valence electrons. The molecule has 0 aliphatic carbocycles. The summed E-state index contributed by atoms with van der Waals surface area (Å²) in [7, 11) is 0. The maximum absolute atomic E-state index is 9.25. The van der Waals surface area contributed by atoms with Gasteiger partial charge in [-0.05, 0) is 17.5 Å². The Morgan fingerprint density at radius 3 is 2.36 bits per heavy atom. The Hall–Kier alpha value is -1.18. The Bertz CT molecular complexity index is 254. The van der Waals surface area contributed by atoms with E-state index in [-0.39, 0.29) is 17.4 Å². The number of hydrogen-bond donors (Lipinski definition) is 2. The molecular formula is C9H11O2. The van der Waals surface area contributed by atoms with Crippen LogP contribution in [0.2, 0.25) is 0 Å². The molecule has 1 aromatic carbocycles. The number of rotatable bonds is 1. The summed E-state index contributed by atoms with van der Waals surface area (Å²) in [5, 5.41) is 18.1. The number of phenols is 2. The predicted octanol–water partition coefficient (Wildman–Crippen LogP) is 2.02. The molecule has 2 heteroatoms. The second kappa shape index (κ2) is 2.82. The van der Waals surface area contributed by atoms with E-state index in [0.717, 1.165) is 5.56 Å². The molecule has 0 unspecified atom stereocenters. The summed E-state index contributed by atoms with van der Waals surface area (Å²) in [5.74, 6) is 0.277. The number of phenolic OH excluding ortho intramolecular Hbond substituents is 2. The van der Waals surface area contributed by atoms with Crippen molar-refractivity contribution in [1.82, 2.24) is 0 Å². The van der Waals surface area contributed by atoms with E-state index in [9.17, 15) is 5.11 Å². The third-order valence-corrected chi connectivity index (χ3v) is 1.56. The van der Waals surface area contributed by atoms with E-state index in [0.29, 0.717) is 0 Å². The van der Waals surface area contributed by atoms with Gasteiger partial charge >= 0.3 is 0 Å². The molecule has 11 heavy (non-hydrogen) atoms. The Morgan fingerprint density at radius 2 is 1.91 bits per heavy atom. The highest BCUT2D eigenvalue weighted by Crippen LogP contribution is 2.27. The molecule has 0 fully saturated rings. The van der Waals surface area contributed by atoms with Gasteiger partial charge < -0.3 is 10.2 Å². The average molecular weight is 151 g/mol. The third-order valence-electron chi connectivity index (χ3n) is 1.56. The van der Waals surface area contributed by atoms with Crippen LogP contribution < -0.4 is 0 Å². The van der Waals surface area contributed by atoms with Crippen molar-refractivity contribution < 1.29 is 10.2 Å². The first-order valence-electron chi connectivity index (χ1n) is 3.55. The second-order valence-corrected chi connectivity index (χ2v) is 2.80. The Balaban J connectivity index is 3.09. The molecule has 2 N–H and O–H groups in total. The molecule has 0 saturated heterocycles. The van der Waals surface area contributed by atoms with Crippen molar-refractivity contribution in [3.63, 3.8) is 0 Å². The summed E-state index contributed by atoms with van der Waals surface area (Å²) < 4.78 is 0. The smallest absolute Gasteiger partial charge is 0.130 e. The zero-order chi connectivity index (χ0) is 8.43. The molecule has 0 bridgehead atoms. The number of aromatic hydroxyl groups is 2. The normalized spacial score (nSPS) is 10.5. The summed E-state index contributed by atoms with van der Waals surface area (Å²) in [6.07, 6.45) is 0. The van der Waals surface area contributed by atoms with Crippen LogP contribution in [0.4, 0.5) is 0 Å². The lowest BCUT2D eigenvalue weighted by molar-refractivity contribution is 0.442. The van der Waals surface area contributed by atoms with Crippen LogP contribution in [0.15, 0.2) is 12.1 Å². The topological polar surface area (TPSA) is 40.5 Å². The van der Waals surface area contributed by atoms with Gasteiger partial charge in [-0.2, -0.15) is 0 Å². The Morgan fingerprint density at radius 1 is 1.27 bits per heavy atom. The fourth-order valence-electron chi connectivity index (χ4n) is 0.949. The zero-order valence-electron chi connectivity index (χ0n) is 6.63. The molecule has 0 saturated carbocycles. The van der Waals surface area contributed by atoms with Gasteiger partial charge in [-0.1, -0.05) is 19.9 Å². The van der Waals surface area contributed by atoms with Crippen LogP contribution in [-0.2, 0) is 0 Å². The highest BCUT2D eigenvalue weighted by Gasteiger charge is 2.05. The molecular weight excluding hydrogens is 140 g/mol. The summed E-state index contributed by atoms with van der Waals surface area (Å²) in [4.78, 5) is 0. The van der Waals surface area contributed by atoms with Crippen LogP contribution in [0.25, 0.3) is 0 Å². The van der Waals surface area contributed by atoms with E-state index >= 15 is 0 Å². The monoisotopic (exact) mass is 151 g/mol. The van der Waals surface area contributed by atoms with E-state index in [1.165, 1.54) is 6.07 Å². The van der Waals surface area contributed by atoms with Gasteiger partial charge in [0.05, 0.1) is 6.07 Å². The Labute approximate surface area is 66.1 Å². The molecule has 0 atom stereocenters. The van der Waals surface area contributed by atoms with E-state index in [1.807, 2.05) is 13.8 Å². The van der Waals surface area contributed by atoms with E-state index in [1.54, 1.807) is 6.07 Å². The van der Waals surface area contributed by atoms with Crippen molar-refractivity contribution in [1.29, 1.82) is 0 Å². The quantitative estimate of drug-likeness (QED) is 0.644. The fraction of sp³-hybridized carbons (Fsp3) is 0.333. The minimum absolute atomic E-state index is 0.0214. The van der Waals surface area contributed by atoms with Crippen molar-refractivity contribution in [3.8, 4) is 11.5 Å². The fourth-order valence-corrected chi connectivity index (χ4v) is 0.949. The first-order chi connectivity index (χ1) is 5.11.